The van der Waals surface area contributed by atoms with Crippen LogP contribution >= 0.6 is 0 Å². The molecule has 0 spiro atoms. The Labute approximate surface area is 202 Å². The van der Waals surface area contributed by atoms with Gasteiger partial charge in [0, 0.05) is 38.3 Å². The molecule has 6 heteroatoms. The lowest BCUT2D eigenvalue weighted by molar-refractivity contribution is -0.0413. The number of methoxy groups -OCH3 is 1. The molecule has 2 aromatic carbocycles. The van der Waals surface area contributed by atoms with Gasteiger partial charge in [-0.25, -0.2) is 4.98 Å². The van der Waals surface area contributed by atoms with Crippen LogP contribution in [0.4, 0.5) is 11.5 Å². The Balaban J connectivity index is 1.64. The Kier molecular flexibility index (Phi) is 8.03. The molecule has 1 aliphatic rings. The van der Waals surface area contributed by atoms with Gasteiger partial charge in [0.25, 0.3) is 0 Å². The lowest BCUT2D eigenvalue weighted by Crippen LogP contribution is -2.46. The molecule has 1 saturated heterocycles. The molecule has 4 rings (SSSR count). The second-order valence-corrected chi connectivity index (χ2v) is 9.01. The highest BCUT2D eigenvalue weighted by atomic mass is 16.5. The predicted octanol–water partition coefficient (Wildman–Crippen LogP) is 5.38. The molecule has 1 fully saturated rings. The van der Waals surface area contributed by atoms with Crippen LogP contribution in [0, 0.1) is 5.92 Å². The van der Waals surface area contributed by atoms with E-state index in [9.17, 15) is 5.11 Å². The van der Waals surface area contributed by atoms with Gasteiger partial charge in [0.15, 0.2) is 0 Å². The summed E-state index contributed by atoms with van der Waals surface area (Å²) >= 11 is 0. The fourth-order valence-electron chi connectivity index (χ4n) is 4.91. The van der Waals surface area contributed by atoms with Crippen molar-refractivity contribution in [2.75, 3.05) is 37.4 Å². The number of piperidine rings is 1. The molecular formula is C28H35N3O3. The van der Waals surface area contributed by atoms with Gasteiger partial charge >= 0.3 is 0 Å². The summed E-state index contributed by atoms with van der Waals surface area (Å²) < 4.78 is 11.5. The minimum atomic E-state index is -1.03. The van der Waals surface area contributed by atoms with Crippen molar-refractivity contribution >= 4 is 11.5 Å². The van der Waals surface area contributed by atoms with E-state index in [0.717, 1.165) is 55.8 Å². The average molecular weight is 462 g/mol. The van der Waals surface area contributed by atoms with Gasteiger partial charge in [-0.2, -0.15) is 0 Å². The lowest BCUT2D eigenvalue weighted by atomic mass is 9.73. The number of benzene rings is 2. The van der Waals surface area contributed by atoms with E-state index in [1.807, 2.05) is 72.9 Å². The zero-order chi connectivity index (χ0) is 23.8. The number of aliphatic hydroxyl groups is 1. The van der Waals surface area contributed by atoms with Crippen molar-refractivity contribution in [1.29, 1.82) is 0 Å². The second kappa shape index (κ2) is 11.4. The third-order valence-corrected chi connectivity index (χ3v) is 6.71. The maximum atomic E-state index is 12.4. The molecule has 34 heavy (non-hydrogen) atoms. The maximum Gasteiger partial charge on any atom is 0.133 e. The Morgan fingerprint density at radius 2 is 1.85 bits per heavy atom. The van der Waals surface area contributed by atoms with Crippen molar-refractivity contribution in [1.82, 2.24) is 4.98 Å². The molecule has 1 aliphatic heterocycles. The van der Waals surface area contributed by atoms with E-state index in [-0.39, 0.29) is 5.92 Å². The minimum absolute atomic E-state index is 0.0434. The van der Waals surface area contributed by atoms with E-state index >= 15 is 0 Å². The Hall–Kier alpha value is -3.09. The highest BCUT2D eigenvalue weighted by Gasteiger charge is 2.42. The molecule has 0 aliphatic carbocycles. The van der Waals surface area contributed by atoms with Gasteiger partial charge in [0.2, 0.25) is 0 Å². The Bertz CT molecular complexity index is 1030. The number of rotatable bonds is 10. The monoisotopic (exact) mass is 461 g/mol. The summed E-state index contributed by atoms with van der Waals surface area (Å²) in [6.45, 7) is 2.36. The van der Waals surface area contributed by atoms with Crippen LogP contribution in [0.25, 0.3) is 0 Å². The van der Waals surface area contributed by atoms with Crippen molar-refractivity contribution < 1.29 is 14.6 Å². The van der Waals surface area contributed by atoms with E-state index in [1.54, 1.807) is 7.11 Å². The number of hydrogen-bond acceptors (Lipinski definition) is 6. The van der Waals surface area contributed by atoms with Crippen molar-refractivity contribution in [3.05, 3.63) is 78.5 Å². The SMILES string of the molecule is COCCCCC(O)(c1ccccc1Oc1ccccc1)C1CCCN(c2ccc(N)nc2)C1. The third kappa shape index (κ3) is 5.69. The zero-order valence-electron chi connectivity index (χ0n) is 19.9. The molecule has 2 unspecified atom stereocenters. The number of pyridine rings is 1. The number of para-hydroxylation sites is 2. The number of unbranched alkanes of at least 4 members (excludes halogenated alkanes) is 1. The van der Waals surface area contributed by atoms with Crippen LogP contribution in [0.15, 0.2) is 72.9 Å². The number of ether oxygens (including phenoxy) is 2. The second-order valence-electron chi connectivity index (χ2n) is 9.01. The van der Waals surface area contributed by atoms with E-state index in [0.29, 0.717) is 24.6 Å². The number of aromatic nitrogens is 1. The Morgan fingerprint density at radius 1 is 1.06 bits per heavy atom. The van der Waals surface area contributed by atoms with Crippen LogP contribution in [0.5, 0.6) is 11.5 Å². The van der Waals surface area contributed by atoms with E-state index in [1.165, 1.54) is 0 Å². The van der Waals surface area contributed by atoms with Crippen LogP contribution in [0.3, 0.4) is 0 Å². The molecule has 0 radical (unpaired) electrons. The van der Waals surface area contributed by atoms with Crippen LogP contribution in [-0.2, 0) is 10.3 Å². The van der Waals surface area contributed by atoms with Gasteiger partial charge in [-0.1, -0.05) is 36.4 Å². The number of nitrogens with two attached hydrogens (primary N) is 1. The largest absolute Gasteiger partial charge is 0.457 e. The smallest absolute Gasteiger partial charge is 0.133 e. The third-order valence-electron chi connectivity index (χ3n) is 6.71. The van der Waals surface area contributed by atoms with Gasteiger partial charge in [0.1, 0.15) is 17.3 Å². The van der Waals surface area contributed by atoms with Gasteiger partial charge < -0.3 is 25.2 Å². The highest BCUT2D eigenvalue weighted by Crippen LogP contribution is 2.44. The Morgan fingerprint density at radius 3 is 2.62 bits per heavy atom. The topological polar surface area (TPSA) is 80.8 Å². The summed E-state index contributed by atoms with van der Waals surface area (Å²) in [5.74, 6) is 2.02. The summed E-state index contributed by atoms with van der Waals surface area (Å²) in [6.07, 6.45) is 6.17. The summed E-state index contributed by atoms with van der Waals surface area (Å²) in [6, 6.07) is 21.5. The molecule has 0 amide bonds. The van der Waals surface area contributed by atoms with Gasteiger partial charge in [-0.15, -0.1) is 0 Å². The molecule has 3 aromatic rings. The van der Waals surface area contributed by atoms with E-state index < -0.39 is 5.60 Å². The molecule has 2 heterocycles. The van der Waals surface area contributed by atoms with Gasteiger partial charge in [-0.3, -0.25) is 0 Å². The summed E-state index contributed by atoms with van der Waals surface area (Å²) in [7, 11) is 1.72. The number of anilines is 2. The number of nitrogens with zero attached hydrogens (tertiary/aromatic N) is 2. The lowest BCUT2D eigenvalue weighted by Gasteiger charge is -2.44. The summed E-state index contributed by atoms with van der Waals surface area (Å²) in [5.41, 5.74) is 6.65. The number of nitrogen functional groups attached to an aromatic ring is 1. The molecular weight excluding hydrogens is 426 g/mol. The predicted molar refractivity (Wildman–Crippen MR) is 136 cm³/mol. The van der Waals surface area contributed by atoms with Crippen molar-refractivity contribution in [2.45, 2.75) is 37.7 Å². The van der Waals surface area contributed by atoms with Crippen LogP contribution < -0.4 is 15.4 Å². The van der Waals surface area contributed by atoms with Crippen LogP contribution in [-0.4, -0.2) is 36.9 Å². The first-order valence-electron chi connectivity index (χ1n) is 12.1. The molecule has 0 saturated carbocycles. The quantitative estimate of drug-likeness (QED) is 0.395. The van der Waals surface area contributed by atoms with Crippen molar-refractivity contribution in [3.8, 4) is 11.5 Å². The molecule has 180 valence electrons. The fraction of sp³-hybridized carbons (Fsp3) is 0.393. The highest BCUT2D eigenvalue weighted by molar-refractivity contribution is 5.49. The molecule has 1 aromatic heterocycles. The van der Waals surface area contributed by atoms with E-state index in [2.05, 4.69) is 9.88 Å². The first-order chi connectivity index (χ1) is 16.6. The van der Waals surface area contributed by atoms with Gasteiger partial charge in [-0.05, 0) is 62.4 Å². The van der Waals surface area contributed by atoms with E-state index in [4.69, 9.17) is 15.2 Å². The number of hydrogen-bond donors (Lipinski definition) is 2. The van der Waals surface area contributed by atoms with Crippen molar-refractivity contribution in [3.63, 3.8) is 0 Å². The molecule has 2 atom stereocenters. The first-order valence-corrected chi connectivity index (χ1v) is 12.1. The molecule has 6 nitrogen and oxygen atoms in total. The first kappa shape index (κ1) is 24.0. The minimum Gasteiger partial charge on any atom is -0.457 e. The summed E-state index contributed by atoms with van der Waals surface area (Å²) in [4.78, 5) is 6.58. The summed E-state index contributed by atoms with van der Waals surface area (Å²) in [5, 5.41) is 12.4. The molecule has 3 N–H and O–H groups in total. The fourth-order valence-corrected chi connectivity index (χ4v) is 4.91. The average Bonchev–Trinajstić information content (AvgIpc) is 2.88. The zero-order valence-corrected chi connectivity index (χ0v) is 19.9. The maximum absolute atomic E-state index is 12.4. The van der Waals surface area contributed by atoms with Gasteiger partial charge in [0.05, 0.1) is 17.5 Å². The standard InChI is InChI=1S/C28H35N3O3/c1-33-19-8-7-17-28(32,22-10-9-18-31(21-22)23-15-16-27(29)30-20-23)25-13-5-6-14-26(25)34-24-11-3-2-4-12-24/h2-6,11-16,20,22,32H,7-10,17-19,21H2,1H3,(H2,29,30). The normalized spacial score (nSPS) is 17.8. The van der Waals surface area contributed by atoms with Crippen LogP contribution in [0.2, 0.25) is 0 Å². The van der Waals surface area contributed by atoms with Crippen molar-refractivity contribution in [2.24, 2.45) is 5.92 Å². The molecule has 0 bridgehead atoms. The van der Waals surface area contributed by atoms with Crippen LogP contribution in [0.1, 0.15) is 37.7 Å².